The quantitative estimate of drug-likeness (QED) is 0.160. The van der Waals surface area contributed by atoms with Crippen molar-refractivity contribution < 1.29 is 22.1 Å². The standard InChI is InChI=1S/C28H23N3O5S2/c1-3-35-26-16-20(11-14-25(26)36-38(33,34)23-12-9-19(2)10-13-23)15-22(17-29)27(32)31-28-30-24(18-37-28)21-7-5-4-6-8-21/h4-16,18H,3H2,1-2H3,(H,30,31,32). The van der Waals surface area contributed by atoms with Crippen LogP contribution in [0.15, 0.2) is 88.6 Å². The van der Waals surface area contributed by atoms with Gasteiger partial charge < -0.3 is 8.92 Å². The summed E-state index contributed by atoms with van der Waals surface area (Å²) in [5.74, 6) is -0.479. The van der Waals surface area contributed by atoms with Gasteiger partial charge in [-0.05, 0) is 49.8 Å². The molecule has 0 unspecified atom stereocenters. The van der Waals surface area contributed by atoms with Gasteiger partial charge in [-0.1, -0.05) is 54.1 Å². The molecule has 0 bridgehead atoms. The number of carbonyl (C=O) groups is 1. The summed E-state index contributed by atoms with van der Waals surface area (Å²) in [5.41, 5.74) is 2.83. The van der Waals surface area contributed by atoms with Crippen molar-refractivity contribution in [2.75, 3.05) is 11.9 Å². The van der Waals surface area contributed by atoms with Crippen LogP contribution in [0.3, 0.4) is 0 Å². The molecular formula is C28H23N3O5S2. The molecule has 4 aromatic rings. The molecule has 1 amide bonds. The molecule has 1 aromatic heterocycles. The third-order valence-corrected chi connectivity index (χ3v) is 7.25. The van der Waals surface area contributed by atoms with Crippen molar-refractivity contribution in [3.8, 4) is 28.8 Å². The molecular weight excluding hydrogens is 522 g/mol. The number of thiazole rings is 1. The van der Waals surface area contributed by atoms with Gasteiger partial charge in [0.05, 0.1) is 12.3 Å². The summed E-state index contributed by atoms with van der Waals surface area (Å²) in [7, 11) is -4.10. The van der Waals surface area contributed by atoms with Gasteiger partial charge in [-0.25, -0.2) is 4.98 Å². The first-order valence-corrected chi connectivity index (χ1v) is 13.8. The molecule has 0 saturated heterocycles. The fourth-order valence-electron chi connectivity index (χ4n) is 3.38. The third-order valence-electron chi connectivity index (χ3n) is 5.25. The highest BCUT2D eigenvalue weighted by molar-refractivity contribution is 7.87. The average Bonchev–Trinajstić information content (AvgIpc) is 3.38. The zero-order valence-corrected chi connectivity index (χ0v) is 22.2. The van der Waals surface area contributed by atoms with Gasteiger partial charge in [-0.2, -0.15) is 13.7 Å². The molecule has 0 radical (unpaired) electrons. The van der Waals surface area contributed by atoms with Crippen molar-refractivity contribution in [2.24, 2.45) is 0 Å². The van der Waals surface area contributed by atoms with E-state index in [2.05, 4.69) is 10.3 Å². The van der Waals surface area contributed by atoms with Crippen LogP contribution in [0.2, 0.25) is 0 Å². The molecule has 192 valence electrons. The molecule has 0 fully saturated rings. The molecule has 0 saturated carbocycles. The highest BCUT2D eigenvalue weighted by Crippen LogP contribution is 2.32. The number of hydrogen-bond acceptors (Lipinski definition) is 8. The molecule has 0 atom stereocenters. The fraction of sp³-hybridized carbons (Fsp3) is 0.107. The predicted octanol–water partition coefficient (Wildman–Crippen LogP) is 5.83. The number of anilines is 1. The summed E-state index contributed by atoms with van der Waals surface area (Å²) >= 11 is 1.25. The van der Waals surface area contributed by atoms with Crippen molar-refractivity contribution >= 4 is 38.6 Å². The van der Waals surface area contributed by atoms with Crippen LogP contribution in [-0.4, -0.2) is 25.9 Å². The lowest BCUT2D eigenvalue weighted by molar-refractivity contribution is -0.112. The summed E-state index contributed by atoms with van der Waals surface area (Å²) in [6.07, 6.45) is 1.38. The molecule has 10 heteroatoms. The van der Waals surface area contributed by atoms with E-state index in [1.807, 2.05) is 48.7 Å². The summed E-state index contributed by atoms with van der Waals surface area (Å²) < 4.78 is 36.4. The van der Waals surface area contributed by atoms with Crippen molar-refractivity contribution in [2.45, 2.75) is 18.7 Å². The molecule has 0 aliphatic heterocycles. The number of rotatable bonds is 9. The van der Waals surface area contributed by atoms with Crippen molar-refractivity contribution in [3.63, 3.8) is 0 Å². The second-order valence-corrected chi connectivity index (χ2v) is 10.4. The number of amides is 1. The van der Waals surface area contributed by atoms with Crippen LogP contribution in [0.25, 0.3) is 17.3 Å². The molecule has 1 N–H and O–H groups in total. The monoisotopic (exact) mass is 545 g/mol. The molecule has 38 heavy (non-hydrogen) atoms. The lowest BCUT2D eigenvalue weighted by atomic mass is 10.1. The van der Waals surface area contributed by atoms with Gasteiger partial charge >= 0.3 is 10.1 Å². The van der Waals surface area contributed by atoms with Gasteiger partial charge in [-0.3, -0.25) is 10.1 Å². The Kier molecular flexibility index (Phi) is 8.21. The predicted molar refractivity (Wildman–Crippen MR) is 146 cm³/mol. The number of carbonyl (C=O) groups excluding carboxylic acids is 1. The lowest BCUT2D eigenvalue weighted by Gasteiger charge is -2.13. The fourth-order valence-corrected chi connectivity index (χ4v) is 5.03. The number of nitriles is 1. The topological polar surface area (TPSA) is 118 Å². The smallest absolute Gasteiger partial charge is 0.339 e. The minimum absolute atomic E-state index is 0.00978. The van der Waals surface area contributed by atoms with Gasteiger partial charge in [0.1, 0.15) is 16.5 Å². The van der Waals surface area contributed by atoms with E-state index in [-0.39, 0.29) is 28.6 Å². The minimum Gasteiger partial charge on any atom is -0.490 e. The number of aromatic nitrogens is 1. The van der Waals surface area contributed by atoms with Crippen LogP contribution in [0.1, 0.15) is 18.1 Å². The first-order valence-electron chi connectivity index (χ1n) is 11.5. The average molecular weight is 546 g/mol. The van der Waals surface area contributed by atoms with Crippen molar-refractivity contribution in [3.05, 3.63) is 94.9 Å². The van der Waals surface area contributed by atoms with Gasteiger partial charge in [0.25, 0.3) is 5.91 Å². The Labute approximate surface area is 224 Å². The minimum atomic E-state index is -4.10. The second-order valence-electron chi connectivity index (χ2n) is 8.02. The Morgan fingerprint density at radius 2 is 1.82 bits per heavy atom. The summed E-state index contributed by atoms with van der Waals surface area (Å²) in [5, 5.41) is 14.4. The van der Waals surface area contributed by atoms with E-state index in [1.165, 1.54) is 47.7 Å². The van der Waals surface area contributed by atoms with E-state index < -0.39 is 16.0 Å². The van der Waals surface area contributed by atoms with Crippen LogP contribution in [0.5, 0.6) is 11.5 Å². The maximum absolute atomic E-state index is 12.8. The Hall–Kier alpha value is -4.46. The first kappa shape index (κ1) is 26.6. The van der Waals surface area contributed by atoms with Gasteiger partial charge in [0.15, 0.2) is 16.6 Å². The highest BCUT2D eigenvalue weighted by Gasteiger charge is 2.20. The summed E-state index contributed by atoms with van der Waals surface area (Å²) in [4.78, 5) is 17.2. The van der Waals surface area contributed by atoms with E-state index in [4.69, 9.17) is 8.92 Å². The summed E-state index contributed by atoms with van der Waals surface area (Å²) in [6.45, 7) is 3.84. The van der Waals surface area contributed by atoms with E-state index >= 15 is 0 Å². The van der Waals surface area contributed by atoms with Crippen LogP contribution in [0.4, 0.5) is 5.13 Å². The Morgan fingerprint density at radius 3 is 2.50 bits per heavy atom. The zero-order valence-electron chi connectivity index (χ0n) is 20.5. The number of nitrogens with zero attached hydrogens (tertiary/aromatic N) is 2. The van der Waals surface area contributed by atoms with Gasteiger partial charge in [-0.15, -0.1) is 11.3 Å². The Bertz CT molecular complexity index is 1620. The molecule has 3 aromatic carbocycles. The van der Waals surface area contributed by atoms with Gasteiger partial charge in [0.2, 0.25) is 0 Å². The number of hydrogen-bond donors (Lipinski definition) is 1. The van der Waals surface area contributed by atoms with Crippen molar-refractivity contribution in [1.82, 2.24) is 4.98 Å². The highest BCUT2D eigenvalue weighted by atomic mass is 32.2. The lowest BCUT2D eigenvalue weighted by Crippen LogP contribution is -2.13. The number of benzene rings is 3. The van der Waals surface area contributed by atoms with Gasteiger partial charge in [0, 0.05) is 10.9 Å². The third kappa shape index (κ3) is 6.45. The maximum atomic E-state index is 12.8. The van der Waals surface area contributed by atoms with E-state index in [0.717, 1.165) is 11.1 Å². The zero-order chi connectivity index (χ0) is 27.1. The number of nitrogens with one attached hydrogen (secondary N) is 1. The second kappa shape index (κ2) is 11.7. The Balaban J connectivity index is 1.54. The van der Waals surface area contributed by atoms with E-state index in [9.17, 15) is 18.5 Å². The molecule has 4 rings (SSSR count). The summed E-state index contributed by atoms with van der Waals surface area (Å²) in [6, 6.07) is 22.2. The Morgan fingerprint density at radius 1 is 1.08 bits per heavy atom. The number of ether oxygens (including phenoxy) is 1. The first-order chi connectivity index (χ1) is 18.3. The molecule has 1 heterocycles. The van der Waals surface area contributed by atoms with Crippen molar-refractivity contribution in [1.29, 1.82) is 5.26 Å². The van der Waals surface area contributed by atoms with E-state index in [0.29, 0.717) is 16.4 Å². The van der Waals surface area contributed by atoms with Crippen LogP contribution in [0, 0.1) is 18.3 Å². The van der Waals surface area contributed by atoms with Crippen LogP contribution in [-0.2, 0) is 14.9 Å². The maximum Gasteiger partial charge on any atom is 0.339 e. The largest absolute Gasteiger partial charge is 0.490 e. The normalized spacial score (nSPS) is 11.4. The number of aryl methyl sites for hydroxylation is 1. The van der Waals surface area contributed by atoms with E-state index in [1.54, 1.807) is 19.1 Å². The molecule has 8 nitrogen and oxygen atoms in total. The molecule has 0 spiro atoms. The van der Waals surface area contributed by atoms with Crippen LogP contribution < -0.4 is 14.2 Å². The SMILES string of the molecule is CCOc1cc(C=C(C#N)C(=O)Nc2nc(-c3ccccc3)cs2)ccc1OS(=O)(=O)c1ccc(C)cc1. The molecule has 0 aliphatic rings. The molecule has 0 aliphatic carbocycles. The van der Waals surface area contributed by atoms with Crippen LogP contribution >= 0.6 is 11.3 Å².